The average molecular weight is 226 g/mol. The number of unbranched alkanes of at least 4 members (excludes halogenated alkanes) is 2. The molecule has 3 heteroatoms. The zero-order chi connectivity index (χ0) is 11.1. The van der Waals surface area contributed by atoms with Crippen molar-refractivity contribution in [1.29, 1.82) is 0 Å². The molecule has 0 amide bonds. The first kappa shape index (κ1) is 12.5. The molecule has 2 nitrogen and oxygen atoms in total. The van der Waals surface area contributed by atoms with Crippen LogP contribution in [0.4, 0.5) is 5.13 Å². The highest BCUT2D eigenvalue weighted by molar-refractivity contribution is 7.13. The van der Waals surface area contributed by atoms with Crippen molar-refractivity contribution < 1.29 is 0 Å². The summed E-state index contributed by atoms with van der Waals surface area (Å²) in [4.78, 5) is 4.22. The van der Waals surface area contributed by atoms with Gasteiger partial charge < -0.3 is 5.32 Å². The summed E-state index contributed by atoms with van der Waals surface area (Å²) in [6.07, 6.45) is 7.12. The molecular formula is C12H22N2S. The van der Waals surface area contributed by atoms with E-state index in [1.54, 1.807) is 11.3 Å². The van der Waals surface area contributed by atoms with E-state index in [4.69, 9.17) is 0 Å². The van der Waals surface area contributed by atoms with Crippen LogP contribution in [0, 0.1) is 5.41 Å². The summed E-state index contributed by atoms with van der Waals surface area (Å²) >= 11 is 1.67. The average Bonchev–Trinajstić information content (AvgIpc) is 2.68. The van der Waals surface area contributed by atoms with Gasteiger partial charge in [-0.3, -0.25) is 0 Å². The van der Waals surface area contributed by atoms with Crippen molar-refractivity contribution in [2.45, 2.75) is 46.5 Å². The molecule has 1 aromatic heterocycles. The summed E-state index contributed by atoms with van der Waals surface area (Å²) in [7, 11) is 0. The second kappa shape index (κ2) is 6.11. The van der Waals surface area contributed by atoms with Gasteiger partial charge in [0.25, 0.3) is 0 Å². The second-order valence-corrected chi connectivity index (χ2v) is 5.71. The molecule has 15 heavy (non-hydrogen) atoms. The first-order valence-corrected chi connectivity index (χ1v) is 6.65. The molecule has 0 aliphatic carbocycles. The Balaban J connectivity index is 2.23. The lowest BCUT2D eigenvalue weighted by molar-refractivity contribution is 0.342. The molecule has 0 atom stereocenters. The van der Waals surface area contributed by atoms with Gasteiger partial charge in [-0.05, 0) is 11.8 Å². The van der Waals surface area contributed by atoms with E-state index in [1.807, 2.05) is 11.6 Å². The van der Waals surface area contributed by atoms with Gasteiger partial charge in [-0.1, -0.05) is 40.0 Å². The van der Waals surface area contributed by atoms with Crippen LogP contribution in [0.5, 0.6) is 0 Å². The van der Waals surface area contributed by atoms with Crippen molar-refractivity contribution >= 4 is 16.5 Å². The standard InChI is InChI=1S/C12H22N2S/c1-4-5-6-7-12(2,3)10-14-11-13-8-9-15-11/h8-9H,4-7,10H2,1-3H3,(H,13,14). The molecule has 0 bridgehead atoms. The third-order valence-electron chi connectivity index (χ3n) is 2.61. The number of thiazole rings is 1. The maximum absolute atomic E-state index is 4.22. The van der Waals surface area contributed by atoms with Gasteiger partial charge in [0.1, 0.15) is 0 Å². The second-order valence-electron chi connectivity index (χ2n) is 4.81. The van der Waals surface area contributed by atoms with Crippen LogP contribution in [-0.2, 0) is 0 Å². The number of nitrogens with one attached hydrogen (secondary N) is 1. The van der Waals surface area contributed by atoms with Gasteiger partial charge in [0, 0.05) is 18.1 Å². The Hall–Kier alpha value is -0.570. The first-order chi connectivity index (χ1) is 7.14. The number of anilines is 1. The molecule has 1 rings (SSSR count). The Morgan fingerprint density at radius 3 is 2.80 bits per heavy atom. The van der Waals surface area contributed by atoms with Crippen LogP contribution < -0.4 is 5.32 Å². The van der Waals surface area contributed by atoms with E-state index >= 15 is 0 Å². The van der Waals surface area contributed by atoms with E-state index in [9.17, 15) is 0 Å². The molecule has 0 aliphatic heterocycles. The summed E-state index contributed by atoms with van der Waals surface area (Å²) in [5.41, 5.74) is 0.376. The molecule has 86 valence electrons. The van der Waals surface area contributed by atoms with Gasteiger partial charge in [-0.15, -0.1) is 11.3 Å². The largest absolute Gasteiger partial charge is 0.361 e. The van der Waals surface area contributed by atoms with Crippen molar-refractivity contribution in [3.05, 3.63) is 11.6 Å². The number of nitrogens with zero attached hydrogens (tertiary/aromatic N) is 1. The van der Waals surface area contributed by atoms with Crippen LogP contribution in [0.1, 0.15) is 46.5 Å². The summed E-state index contributed by atoms with van der Waals surface area (Å²) < 4.78 is 0. The van der Waals surface area contributed by atoms with Crippen LogP contribution in [0.25, 0.3) is 0 Å². The molecule has 1 N–H and O–H groups in total. The topological polar surface area (TPSA) is 24.9 Å². The molecule has 0 radical (unpaired) electrons. The molecule has 1 heterocycles. The summed E-state index contributed by atoms with van der Waals surface area (Å²) in [6.45, 7) is 7.91. The number of aromatic nitrogens is 1. The van der Waals surface area contributed by atoms with Crippen LogP contribution in [0.3, 0.4) is 0 Å². The molecule has 1 aromatic rings. The molecule has 0 unspecified atom stereocenters. The van der Waals surface area contributed by atoms with E-state index in [2.05, 4.69) is 31.1 Å². The highest BCUT2D eigenvalue weighted by Crippen LogP contribution is 2.24. The quantitative estimate of drug-likeness (QED) is 0.706. The summed E-state index contributed by atoms with van der Waals surface area (Å²) in [5, 5.41) is 6.45. The maximum Gasteiger partial charge on any atom is 0.182 e. The Bertz CT molecular complexity index is 255. The lowest BCUT2D eigenvalue weighted by Crippen LogP contribution is -2.22. The lowest BCUT2D eigenvalue weighted by atomic mass is 9.87. The Morgan fingerprint density at radius 1 is 1.40 bits per heavy atom. The Kier molecular flexibility index (Phi) is 5.09. The number of rotatable bonds is 7. The molecule has 0 aliphatic rings. The fraction of sp³-hybridized carbons (Fsp3) is 0.750. The smallest absolute Gasteiger partial charge is 0.182 e. The highest BCUT2D eigenvalue weighted by atomic mass is 32.1. The van der Waals surface area contributed by atoms with Crippen molar-refractivity contribution in [1.82, 2.24) is 4.98 Å². The normalized spacial score (nSPS) is 11.7. The van der Waals surface area contributed by atoms with E-state index in [0.29, 0.717) is 5.41 Å². The minimum absolute atomic E-state index is 0.376. The van der Waals surface area contributed by atoms with Gasteiger partial charge in [0.05, 0.1) is 0 Å². The van der Waals surface area contributed by atoms with Gasteiger partial charge in [-0.25, -0.2) is 4.98 Å². The van der Waals surface area contributed by atoms with Gasteiger partial charge >= 0.3 is 0 Å². The van der Waals surface area contributed by atoms with Crippen molar-refractivity contribution in [3.63, 3.8) is 0 Å². The van der Waals surface area contributed by atoms with Gasteiger partial charge in [0.15, 0.2) is 5.13 Å². The number of hydrogen-bond donors (Lipinski definition) is 1. The van der Waals surface area contributed by atoms with Gasteiger partial charge in [0.2, 0.25) is 0 Å². The summed E-state index contributed by atoms with van der Waals surface area (Å²) in [5.74, 6) is 0. The molecule has 0 aromatic carbocycles. The molecule has 0 fully saturated rings. The van der Waals surface area contributed by atoms with Crippen LogP contribution in [-0.4, -0.2) is 11.5 Å². The van der Waals surface area contributed by atoms with E-state index in [-0.39, 0.29) is 0 Å². The molecule has 0 saturated carbocycles. The third-order valence-corrected chi connectivity index (χ3v) is 3.34. The molecular weight excluding hydrogens is 204 g/mol. The fourth-order valence-corrected chi connectivity index (χ4v) is 2.10. The van der Waals surface area contributed by atoms with Crippen molar-refractivity contribution in [2.24, 2.45) is 5.41 Å². The van der Waals surface area contributed by atoms with Crippen molar-refractivity contribution in [2.75, 3.05) is 11.9 Å². The van der Waals surface area contributed by atoms with Crippen LogP contribution in [0.2, 0.25) is 0 Å². The van der Waals surface area contributed by atoms with Crippen molar-refractivity contribution in [3.8, 4) is 0 Å². The van der Waals surface area contributed by atoms with Crippen LogP contribution in [0.15, 0.2) is 11.6 Å². The summed E-state index contributed by atoms with van der Waals surface area (Å²) in [6, 6.07) is 0. The predicted octanol–water partition coefficient (Wildman–Crippen LogP) is 4.16. The number of hydrogen-bond acceptors (Lipinski definition) is 3. The zero-order valence-corrected chi connectivity index (χ0v) is 10.9. The first-order valence-electron chi connectivity index (χ1n) is 5.77. The third kappa shape index (κ3) is 5.17. The predicted molar refractivity (Wildman–Crippen MR) is 68.5 cm³/mol. The minimum atomic E-state index is 0.376. The van der Waals surface area contributed by atoms with E-state index < -0.39 is 0 Å². The monoisotopic (exact) mass is 226 g/mol. The Morgan fingerprint density at radius 2 is 2.20 bits per heavy atom. The molecule has 0 spiro atoms. The lowest BCUT2D eigenvalue weighted by Gasteiger charge is -2.24. The Labute approximate surface area is 97.1 Å². The van der Waals surface area contributed by atoms with E-state index in [0.717, 1.165) is 11.7 Å². The SMILES string of the molecule is CCCCCC(C)(C)CNc1nccs1. The fourth-order valence-electron chi connectivity index (χ4n) is 1.57. The zero-order valence-electron chi connectivity index (χ0n) is 10.0. The molecule has 0 saturated heterocycles. The minimum Gasteiger partial charge on any atom is -0.361 e. The van der Waals surface area contributed by atoms with Crippen LogP contribution >= 0.6 is 11.3 Å². The maximum atomic E-state index is 4.22. The van der Waals surface area contributed by atoms with Gasteiger partial charge in [-0.2, -0.15) is 0 Å². The van der Waals surface area contributed by atoms with E-state index in [1.165, 1.54) is 25.7 Å². The highest BCUT2D eigenvalue weighted by Gasteiger charge is 2.17.